The van der Waals surface area contributed by atoms with Gasteiger partial charge in [0.1, 0.15) is 12.1 Å². The number of amides is 3. The Labute approximate surface area is 279 Å². The fourth-order valence-electron chi connectivity index (χ4n) is 5.96. The van der Waals surface area contributed by atoms with E-state index in [1.165, 1.54) is 35.6 Å². The van der Waals surface area contributed by atoms with Crippen molar-refractivity contribution in [3.63, 3.8) is 0 Å². The molecule has 4 aromatic rings. The number of hydrogen-bond acceptors (Lipinski definition) is 7. The molecule has 3 heterocycles. The van der Waals surface area contributed by atoms with Crippen LogP contribution in [0.15, 0.2) is 60.1 Å². The van der Waals surface area contributed by atoms with Crippen LogP contribution < -0.4 is 16.4 Å². The van der Waals surface area contributed by atoms with Crippen molar-refractivity contribution in [3.05, 3.63) is 77.1 Å². The molecule has 252 valence electrons. The first-order valence-electron chi connectivity index (χ1n) is 15.3. The minimum absolute atomic E-state index is 0.0329. The molecular formula is C32H34ClF3N10O2. The lowest BCUT2D eigenvalue weighted by molar-refractivity contribution is -0.134. The van der Waals surface area contributed by atoms with E-state index in [0.717, 1.165) is 19.0 Å². The zero-order chi connectivity index (χ0) is 34.4. The molecule has 2 atom stereocenters. The lowest BCUT2D eigenvalue weighted by Crippen LogP contribution is -2.50. The topological polar surface area (TPSA) is 159 Å². The molecule has 1 saturated carbocycles. The van der Waals surface area contributed by atoms with Crippen LogP contribution in [0, 0.1) is 11.2 Å². The number of hydrogen-bond donors (Lipinski definition) is 4. The van der Waals surface area contributed by atoms with E-state index in [9.17, 15) is 18.4 Å². The highest BCUT2D eigenvalue weighted by Gasteiger charge is 2.54. The number of rotatable bonds is 10. The number of nitrogens with one attached hydrogen (secondary N) is 3. The van der Waals surface area contributed by atoms with Gasteiger partial charge < -0.3 is 16.4 Å². The quantitative estimate of drug-likeness (QED) is 0.173. The molecule has 0 radical (unpaired) electrons. The van der Waals surface area contributed by atoms with Crippen LogP contribution in [0.5, 0.6) is 0 Å². The Morgan fingerprint density at radius 2 is 1.96 bits per heavy atom. The van der Waals surface area contributed by atoms with Gasteiger partial charge in [-0.05, 0) is 54.0 Å². The Kier molecular flexibility index (Phi) is 8.66. The summed E-state index contributed by atoms with van der Waals surface area (Å²) in [6.45, 7) is 2.76. The molecule has 5 N–H and O–H groups in total. The zero-order valence-corrected chi connectivity index (χ0v) is 27.1. The minimum Gasteiger partial charge on any atom is -0.369 e. The van der Waals surface area contributed by atoms with Crippen LogP contribution in [0.2, 0.25) is 5.02 Å². The summed E-state index contributed by atoms with van der Waals surface area (Å²) < 4.78 is 43.0. The summed E-state index contributed by atoms with van der Waals surface area (Å²) in [6.07, 6.45) is 5.49. The number of H-pyrrole nitrogens is 1. The Bertz CT molecular complexity index is 1870. The van der Waals surface area contributed by atoms with Gasteiger partial charge in [0.2, 0.25) is 0 Å². The summed E-state index contributed by atoms with van der Waals surface area (Å²) in [6, 6.07) is 7.96. The molecule has 12 nitrogen and oxygen atoms in total. The van der Waals surface area contributed by atoms with Crippen molar-refractivity contribution in [2.75, 3.05) is 6.54 Å². The van der Waals surface area contributed by atoms with E-state index < -0.39 is 41.3 Å². The fraction of sp³-hybridized carbons (Fsp3) is 0.375. The number of guanidine groups is 1. The van der Waals surface area contributed by atoms with E-state index >= 15 is 4.39 Å². The monoisotopic (exact) mass is 682 g/mol. The van der Waals surface area contributed by atoms with Crippen LogP contribution in [0.1, 0.15) is 63.8 Å². The first kappa shape index (κ1) is 33.0. The number of benzene rings is 2. The van der Waals surface area contributed by atoms with Crippen LogP contribution in [-0.4, -0.2) is 60.3 Å². The highest BCUT2D eigenvalue weighted by Crippen LogP contribution is 2.46. The maximum absolute atomic E-state index is 16.2. The van der Waals surface area contributed by atoms with Crippen molar-refractivity contribution in [1.82, 2.24) is 40.5 Å². The predicted molar refractivity (Wildman–Crippen MR) is 172 cm³/mol. The van der Waals surface area contributed by atoms with Gasteiger partial charge in [-0.3, -0.25) is 14.8 Å². The Balaban J connectivity index is 1.41. The van der Waals surface area contributed by atoms with Gasteiger partial charge in [-0.15, -0.1) is 0 Å². The lowest BCUT2D eigenvalue weighted by Gasteiger charge is -2.35. The third kappa shape index (κ3) is 6.59. The number of nitrogens with zero attached hydrogens (tertiary/aromatic N) is 6. The summed E-state index contributed by atoms with van der Waals surface area (Å²) in [5.74, 6) is -1.15. The Hall–Kier alpha value is -4.92. The highest BCUT2D eigenvalue weighted by atomic mass is 35.5. The molecule has 1 aliphatic heterocycles. The molecular weight excluding hydrogens is 649 g/mol. The number of aliphatic imine (C=N–C) groups is 1. The van der Waals surface area contributed by atoms with Gasteiger partial charge >= 0.3 is 12.6 Å². The van der Waals surface area contributed by atoms with Gasteiger partial charge in [0.05, 0.1) is 17.3 Å². The molecule has 0 saturated heterocycles. The van der Waals surface area contributed by atoms with E-state index in [2.05, 4.69) is 35.9 Å². The molecule has 0 unspecified atom stereocenters. The van der Waals surface area contributed by atoms with Gasteiger partial charge in [0.25, 0.3) is 5.91 Å². The maximum atomic E-state index is 16.2. The minimum atomic E-state index is -2.85. The molecule has 3 amide bonds. The first-order chi connectivity index (χ1) is 22.8. The fourth-order valence-corrected chi connectivity index (χ4v) is 6.16. The Morgan fingerprint density at radius 3 is 2.58 bits per heavy atom. The summed E-state index contributed by atoms with van der Waals surface area (Å²) in [4.78, 5) is 37.7. The molecule has 48 heavy (non-hydrogen) atoms. The average Bonchev–Trinajstić information content (AvgIpc) is 3.38. The lowest BCUT2D eigenvalue weighted by atomic mass is 9.75. The second kappa shape index (κ2) is 12.6. The molecule has 1 fully saturated rings. The first-order valence-corrected chi connectivity index (χ1v) is 15.6. The van der Waals surface area contributed by atoms with Crippen molar-refractivity contribution in [3.8, 4) is 22.5 Å². The molecule has 16 heteroatoms. The van der Waals surface area contributed by atoms with E-state index in [0.29, 0.717) is 26.7 Å². The average molecular weight is 683 g/mol. The largest absolute Gasteiger partial charge is 0.369 e. The van der Waals surface area contributed by atoms with Gasteiger partial charge in [0.15, 0.2) is 17.3 Å². The molecule has 1 aliphatic carbocycles. The summed E-state index contributed by atoms with van der Waals surface area (Å²) in [7, 11) is 0. The normalized spacial score (nSPS) is 18.7. The van der Waals surface area contributed by atoms with Crippen LogP contribution in [-0.2, 0) is 10.3 Å². The number of carbonyl (C=O) groups excluding carboxylic acids is 2. The van der Waals surface area contributed by atoms with E-state index in [-0.39, 0.29) is 41.7 Å². The smallest absolute Gasteiger partial charge is 0.333 e. The van der Waals surface area contributed by atoms with Gasteiger partial charge in [0, 0.05) is 35.5 Å². The van der Waals surface area contributed by atoms with E-state index in [1.54, 1.807) is 18.2 Å². The van der Waals surface area contributed by atoms with E-state index in [4.69, 9.17) is 17.3 Å². The van der Waals surface area contributed by atoms with Gasteiger partial charge in [-0.1, -0.05) is 50.6 Å². The summed E-state index contributed by atoms with van der Waals surface area (Å²) >= 11 is 6.51. The van der Waals surface area contributed by atoms with Gasteiger partial charge in [-0.2, -0.15) is 19.0 Å². The van der Waals surface area contributed by atoms with Crippen LogP contribution in [0.4, 0.5) is 18.0 Å². The van der Waals surface area contributed by atoms with Crippen LogP contribution in [0.3, 0.4) is 0 Å². The predicted octanol–water partition coefficient (Wildman–Crippen LogP) is 5.51. The van der Waals surface area contributed by atoms with Crippen LogP contribution >= 0.6 is 11.6 Å². The molecule has 2 aromatic carbocycles. The number of aromatic nitrogens is 5. The second-order valence-electron chi connectivity index (χ2n) is 13.1. The van der Waals surface area contributed by atoms with E-state index in [1.807, 2.05) is 20.8 Å². The number of aromatic amines is 1. The Morgan fingerprint density at radius 1 is 1.19 bits per heavy atom. The third-order valence-electron chi connectivity index (χ3n) is 8.19. The molecule has 2 aliphatic rings. The van der Waals surface area contributed by atoms with Crippen molar-refractivity contribution in [2.45, 2.75) is 64.2 Å². The number of alkyl halides is 2. The maximum Gasteiger partial charge on any atom is 0.333 e. The molecule has 6 rings (SSSR count). The number of urea groups is 1. The highest BCUT2D eigenvalue weighted by molar-refractivity contribution is 6.33. The standard InChI is InChI=1S/C32H34ClF3N10O2/c1-31(2,3)15-32(22-8-4-17(11-24(22)34)19-12-41-45(14-19)28(35)36)27(47)46(29(37)43-32)25(13-38-30(48)42-20-6-7-20)18-5-9-23(33)21(10-18)26-39-16-40-44-26/h4-5,8-12,14,16,20,25,28H,6-7,13,15H2,1-3H3,(H2,37,43)(H2,38,42,48)(H,39,40,44)/t25-,32-/m1/s1. The number of carbonyl (C=O) groups is 2. The number of halogens is 4. The van der Waals surface area contributed by atoms with Crippen molar-refractivity contribution < 1.29 is 22.8 Å². The summed E-state index contributed by atoms with van der Waals surface area (Å²) in [5, 5.41) is 16.4. The van der Waals surface area contributed by atoms with Crippen molar-refractivity contribution in [1.29, 1.82) is 0 Å². The molecule has 0 bridgehead atoms. The SMILES string of the molecule is CC(C)(C)C[C@]1(c2ccc(-c3cnn(C(F)F)c3)cc2F)N=C(N)N([C@H](CNC(=O)NC2CC2)c2ccc(Cl)c(-c3ncn[nH]3)c2)C1=O. The van der Waals surface area contributed by atoms with Crippen molar-refractivity contribution in [2.24, 2.45) is 16.1 Å². The number of nitrogens with two attached hydrogens (primary N) is 1. The molecule has 2 aromatic heterocycles. The van der Waals surface area contributed by atoms with Gasteiger partial charge in [-0.25, -0.2) is 23.8 Å². The zero-order valence-electron chi connectivity index (χ0n) is 26.3. The third-order valence-corrected chi connectivity index (χ3v) is 8.52. The van der Waals surface area contributed by atoms with Crippen molar-refractivity contribution >= 4 is 29.5 Å². The molecule has 0 spiro atoms. The van der Waals surface area contributed by atoms with Crippen LogP contribution in [0.25, 0.3) is 22.5 Å². The summed E-state index contributed by atoms with van der Waals surface area (Å²) in [5.41, 5.74) is 5.81. The second-order valence-corrected chi connectivity index (χ2v) is 13.5.